The smallest absolute Gasteiger partial charge is 0.176 e. The first kappa shape index (κ1) is 13.4. The molecule has 0 amide bonds. The van der Waals surface area contributed by atoms with Crippen molar-refractivity contribution in [1.82, 2.24) is 5.32 Å². The second-order valence-corrected chi connectivity index (χ2v) is 5.63. The van der Waals surface area contributed by atoms with Crippen LogP contribution in [0.25, 0.3) is 0 Å². The van der Waals surface area contributed by atoms with Crippen LogP contribution in [0.5, 0.6) is 5.75 Å². The molecule has 4 heteroatoms. The van der Waals surface area contributed by atoms with Crippen molar-refractivity contribution in [3.8, 4) is 5.75 Å². The molecule has 20 heavy (non-hydrogen) atoms. The molecule has 1 aliphatic heterocycles. The molecule has 2 aliphatic rings. The molecule has 2 N–H and O–H groups in total. The molecule has 3 rings (SSSR count). The zero-order valence-electron chi connectivity index (χ0n) is 11.8. The molecule has 1 fully saturated rings. The molecule has 1 aliphatic carbocycles. The van der Waals surface area contributed by atoms with Crippen molar-refractivity contribution in [2.24, 2.45) is 0 Å². The maximum atomic E-state index is 12.2. The lowest BCUT2D eigenvalue weighted by Crippen LogP contribution is -2.35. The van der Waals surface area contributed by atoms with Crippen LogP contribution in [0, 0.1) is 0 Å². The number of fused-ring (bicyclic) bond motifs is 1. The van der Waals surface area contributed by atoms with Gasteiger partial charge < -0.3 is 15.4 Å². The molecule has 0 saturated heterocycles. The van der Waals surface area contributed by atoms with Crippen LogP contribution in [0.4, 0.5) is 5.69 Å². The highest BCUT2D eigenvalue weighted by atomic mass is 16.5. The third-order valence-electron chi connectivity index (χ3n) is 4.13. The summed E-state index contributed by atoms with van der Waals surface area (Å²) in [7, 11) is 0. The van der Waals surface area contributed by atoms with Crippen LogP contribution in [-0.4, -0.2) is 31.5 Å². The lowest BCUT2D eigenvalue weighted by molar-refractivity contribution is 0.0984. The van der Waals surface area contributed by atoms with E-state index in [1.807, 2.05) is 18.2 Å². The number of carbonyl (C=O) groups excluding carboxylic acids is 1. The number of rotatable bonds is 4. The highest BCUT2D eigenvalue weighted by Crippen LogP contribution is 2.28. The molecule has 0 spiro atoms. The van der Waals surface area contributed by atoms with E-state index < -0.39 is 0 Å². The summed E-state index contributed by atoms with van der Waals surface area (Å²) >= 11 is 0. The van der Waals surface area contributed by atoms with E-state index in [1.54, 1.807) is 0 Å². The summed E-state index contributed by atoms with van der Waals surface area (Å²) in [4.78, 5) is 12.2. The minimum atomic E-state index is 0.158. The molecule has 0 aromatic heterocycles. The molecule has 108 valence electrons. The van der Waals surface area contributed by atoms with Crippen molar-refractivity contribution in [2.45, 2.75) is 38.1 Å². The molecule has 1 aromatic rings. The summed E-state index contributed by atoms with van der Waals surface area (Å²) in [6.45, 7) is 1.92. The minimum absolute atomic E-state index is 0.158. The SMILES string of the molecule is O=C(CNC1CCCCC1)c1ccc2c(c1)NCCO2. The number of anilines is 1. The van der Waals surface area contributed by atoms with Crippen molar-refractivity contribution in [2.75, 3.05) is 25.0 Å². The van der Waals surface area contributed by atoms with Gasteiger partial charge in [0.15, 0.2) is 5.78 Å². The number of hydrogen-bond donors (Lipinski definition) is 2. The fourth-order valence-electron chi connectivity index (χ4n) is 2.96. The fraction of sp³-hybridized carbons (Fsp3) is 0.562. The number of ketones is 1. The van der Waals surface area contributed by atoms with Gasteiger partial charge >= 0.3 is 0 Å². The Hall–Kier alpha value is -1.55. The Balaban J connectivity index is 1.59. The van der Waals surface area contributed by atoms with Gasteiger partial charge in [0.25, 0.3) is 0 Å². The van der Waals surface area contributed by atoms with Gasteiger partial charge in [0.05, 0.1) is 12.2 Å². The maximum absolute atomic E-state index is 12.2. The Morgan fingerprint density at radius 3 is 3.00 bits per heavy atom. The Labute approximate surface area is 119 Å². The van der Waals surface area contributed by atoms with Crippen LogP contribution < -0.4 is 15.4 Å². The predicted octanol–water partition coefficient (Wildman–Crippen LogP) is 2.60. The zero-order chi connectivity index (χ0) is 13.8. The molecule has 0 bridgehead atoms. The molecular weight excluding hydrogens is 252 g/mol. The van der Waals surface area contributed by atoms with Gasteiger partial charge in [0, 0.05) is 18.2 Å². The normalized spacial score (nSPS) is 18.8. The Morgan fingerprint density at radius 1 is 1.30 bits per heavy atom. The van der Waals surface area contributed by atoms with E-state index >= 15 is 0 Å². The third kappa shape index (κ3) is 3.12. The van der Waals surface area contributed by atoms with Gasteiger partial charge in [-0.05, 0) is 31.0 Å². The van der Waals surface area contributed by atoms with Crippen LogP contribution in [0.15, 0.2) is 18.2 Å². The van der Waals surface area contributed by atoms with E-state index in [0.717, 1.165) is 23.5 Å². The monoisotopic (exact) mass is 274 g/mol. The van der Waals surface area contributed by atoms with Crippen LogP contribution in [0.3, 0.4) is 0 Å². The van der Waals surface area contributed by atoms with Crippen LogP contribution >= 0.6 is 0 Å². The van der Waals surface area contributed by atoms with Crippen molar-refractivity contribution in [3.63, 3.8) is 0 Å². The van der Waals surface area contributed by atoms with Crippen molar-refractivity contribution < 1.29 is 9.53 Å². The zero-order valence-corrected chi connectivity index (χ0v) is 11.8. The number of benzene rings is 1. The first-order valence-electron chi connectivity index (χ1n) is 7.60. The minimum Gasteiger partial charge on any atom is -0.490 e. The second kappa shape index (κ2) is 6.27. The molecule has 4 nitrogen and oxygen atoms in total. The molecule has 1 saturated carbocycles. The average molecular weight is 274 g/mol. The van der Waals surface area contributed by atoms with E-state index in [2.05, 4.69) is 10.6 Å². The summed E-state index contributed by atoms with van der Waals surface area (Å²) in [5.74, 6) is 0.999. The summed E-state index contributed by atoms with van der Waals surface area (Å²) in [6, 6.07) is 6.16. The van der Waals surface area contributed by atoms with Crippen LogP contribution in [0.2, 0.25) is 0 Å². The van der Waals surface area contributed by atoms with Crippen molar-refractivity contribution in [1.29, 1.82) is 0 Å². The Bertz CT molecular complexity index is 481. The molecule has 1 heterocycles. The fourth-order valence-corrected chi connectivity index (χ4v) is 2.96. The third-order valence-corrected chi connectivity index (χ3v) is 4.13. The summed E-state index contributed by atoms with van der Waals surface area (Å²) in [5.41, 5.74) is 1.69. The molecule has 0 unspecified atom stereocenters. The van der Waals surface area contributed by atoms with E-state index in [1.165, 1.54) is 32.1 Å². The van der Waals surface area contributed by atoms with Gasteiger partial charge in [-0.2, -0.15) is 0 Å². The van der Waals surface area contributed by atoms with Gasteiger partial charge in [-0.25, -0.2) is 0 Å². The summed E-state index contributed by atoms with van der Waals surface area (Å²) in [6.07, 6.45) is 6.31. The maximum Gasteiger partial charge on any atom is 0.176 e. The lowest BCUT2D eigenvalue weighted by atomic mass is 9.95. The van der Waals surface area contributed by atoms with E-state index in [-0.39, 0.29) is 5.78 Å². The van der Waals surface area contributed by atoms with Crippen molar-refractivity contribution >= 4 is 11.5 Å². The Morgan fingerprint density at radius 2 is 2.15 bits per heavy atom. The molecule has 1 aromatic carbocycles. The van der Waals surface area contributed by atoms with Gasteiger partial charge in [-0.3, -0.25) is 4.79 Å². The average Bonchev–Trinajstić information content (AvgIpc) is 2.53. The molecular formula is C16H22N2O2. The summed E-state index contributed by atoms with van der Waals surface area (Å²) < 4.78 is 5.52. The molecule has 0 radical (unpaired) electrons. The predicted molar refractivity (Wildman–Crippen MR) is 79.6 cm³/mol. The number of ether oxygens (including phenoxy) is 1. The van der Waals surface area contributed by atoms with Gasteiger partial charge in [-0.1, -0.05) is 19.3 Å². The Kier molecular flexibility index (Phi) is 4.21. The van der Waals surface area contributed by atoms with Gasteiger partial charge in [-0.15, -0.1) is 0 Å². The van der Waals surface area contributed by atoms with Gasteiger partial charge in [0.1, 0.15) is 12.4 Å². The van der Waals surface area contributed by atoms with Crippen LogP contribution in [-0.2, 0) is 0 Å². The standard InChI is InChI=1S/C16H22N2O2/c19-15(11-18-13-4-2-1-3-5-13)12-6-7-16-14(10-12)17-8-9-20-16/h6-7,10,13,17-18H,1-5,8-9,11H2. The first-order chi connectivity index (χ1) is 9.83. The molecule has 0 atom stereocenters. The van der Waals surface area contributed by atoms with E-state index in [0.29, 0.717) is 19.2 Å². The number of hydrogen-bond acceptors (Lipinski definition) is 4. The highest BCUT2D eigenvalue weighted by molar-refractivity contribution is 5.98. The largest absolute Gasteiger partial charge is 0.490 e. The van der Waals surface area contributed by atoms with E-state index in [4.69, 9.17) is 4.74 Å². The highest BCUT2D eigenvalue weighted by Gasteiger charge is 2.16. The van der Waals surface area contributed by atoms with Crippen LogP contribution in [0.1, 0.15) is 42.5 Å². The second-order valence-electron chi connectivity index (χ2n) is 5.63. The summed E-state index contributed by atoms with van der Waals surface area (Å²) in [5, 5.41) is 6.66. The van der Waals surface area contributed by atoms with E-state index in [9.17, 15) is 4.79 Å². The lowest BCUT2D eigenvalue weighted by Gasteiger charge is -2.23. The van der Waals surface area contributed by atoms with Crippen molar-refractivity contribution in [3.05, 3.63) is 23.8 Å². The first-order valence-corrected chi connectivity index (χ1v) is 7.60. The topological polar surface area (TPSA) is 50.4 Å². The number of Topliss-reactive ketones (excluding diaryl/α,β-unsaturated/α-hetero) is 1. The number of nitrogens with one attached hydrogen (secondary N) is 2. The number of carbonyl (C=O) groups is 1. The van der Waals surface area contributed by atoms with Gasteiger partial charge in [0.2, 0.25) is 0 Å². The quantitative estimate of drug-likeness (QED) is 0.829.